The Labute approximate surface area is 143 Å². The molecular weight excluding hydrogens is 320 g/mol. The molecule has 0 aliphatic carbocycles. The quantitative estimate of drug-likeness (QED) is 0.527. The lowest BCUT2D eigenvalue weighted by Crippen LogP contribution is -2.04. The maximum absolute atomic E-state index is 11.3. The first-order chi connectivity index (χ1) is 12.2. The van der Waals surface area contributed by atoms with Crippen LogP contribution in [0, 0.1) is 0 Å². The van der Waals surface area contributed by atoms with E-state index in [1.165, 1.54) is 13.4 Å². The van der Waals surface area contributed by atoms with Gasteiger partial charge in [-0.2, -0.15) is 4.98 Å². The average molecular weight is 334 g/mol. The molecule has 0 atom stereocenters. The maximum atomic E-state index is 11.3. The normalized spacial score (nSPS) is 10.9. The van der Waals surface area contributed by atoms with Gasteiger partial charge in [0.25, 0.3) is 5.88 Å². The molecule has 0 radical (unpaired) electrons. The third-order valence-corrected chi connectivity index (χ3v) is 3.84. The van der Waals surface area contributed by atoms with Gasteiger partial charge in [0, 0.05) is 5.39 Å². The van der Waals surface area contributed by atoms with Crippen LogP contribution in [0.3, 0.4) is 0 Å². The van der Waals surface area contributed by atoms with E-state index in [9.17, 15) is 4.79 Å². The van der Waals surface area contributed by atoms with Crippen molar-refractivity contribution >= 4 is 28.0 Å². The molecule has 6 heteroatoms. The number of benzene rings is 2. The Kier molecular flexibility index (Phi) is 3.78. The highest BCUT2D eigenvalue weighted by Gasteiger charge is 2.14. The number of esters is 1. The number of rotatable bonds is 4. The van der Waals surface area contributed by atoms with Crippen molar-refractivity contribution in [2.75, 3.05) is 7.11 Å². The van der Waals surface area contributed by atoms with Crippen LogP contribution in [0.4, 0.5) is 0 Å². The fraction of sp³-hybridized carbons (Fsp3) is 0.105. The van der Waals surface area contributed by atoms with Crippen molar-refractivity contribution < 1.29 is 18.7 Å². The molecule has 25 heavy (non-hydrogen) atoms. The summed E-state index contributed by atoms with van der Waals surface area (Å²) in [6, 6.07) is 14.8. The zero-order chi connectivity index (χ0) is 17.2. The number of hydrogen-bond acceptors (Lipinski definition) is 6. The van der Waals surface area contributed by atoms with Crippen molar-refractivity contribution in [2.24, 2.45) is 0 Å². The largest absolute Gasteiger partial charge is 0.469 e. The van der Waals surface area contributed by atoms with E-state index in [1.54, 1.807) is 12.1 Å². The molecule has 2 heterocycles. The van der Waals surface area contributed by atoms with Crippen LogP contribution in [-0.2, 0) is 16.0 Å². The van der Waals surface area contributed by atoms with E-state index in [0.717, 1.165) is 16.5 Å². The average Bonchev–Trinajstić information content (AvgIpc) is 3.03. The standard InChI is InChI=1S/C19H14N2O4/c1-23-16(22)10-12-6-8-13(9-7-12)24-19-18-17(20-11-21-19)14-4-2-3-5-15(14)25-18/h2-9,11H,10H2,1H3. The highest BCUT2D eigenvalue weighted by Crippen LogP contribution is 2.33. The van der Waals surface area contributed by atoms with E-state index in [0.29, 0.717) is 22.7 Å². The van der Waals surface area contributed by atoms with E-state index in [-0.39, 0.29) is 12.4 Å². The Morgan fingerprint density at radius 2 is 1.88 bits per heavy atom. The van der Waals surface area contributed by atoms with E-state index in [4.69, 9.17) is 9.15 Å². The Morgan fingerprint density at radius 3 is 2.68 bits per heavy atom. The van der Waals surface area contributed by atoms with Gasteiger partial charge in [-0.1, -0.05) is 24.3 Å². The van der Waals surface area contributed by atoms with E-state index < -0.39 is 0 Å². The van der Waals surface area contributed by atoms with Gasteiger partial charge in [0.2, 0.25) is 5.58 Å². The van der Waals surface area contributed by atoms with Crippen molar-refractivity contribution in [3.63, 3.8) is 0 Å². The molecule has 124 valence electrons. The molecule has 0 N–H and O–H groups in total. The van der Waals surface area contributed by atoms with Gasteiger partial charge in [0.1, 0.15) is 23.2 Å². The van der Waals surface area contributed by atoms with E-state index >= 15 is 0 Å². The highest BCUT2D eigenvalue weighted by molar-refractivity contribution is 6.03. The highest BCUT2D eigenvalue weighted by atomic mass is 16.5. The summed E-state index contributed by atoms with van der Waals surface area (Å²) >= 11 is 0. The van der Waals surface area contributed by atoms with Crippen LogP contribution in [0.15, 0.2) is 59.3 Å². The SMILES string of the molecule is COC(=O)Cc1ccc(Oc2ncnc3c2oc2ccccc23)cc1. The molecule has 0 saturated carbocycles. The molecule has 4 rings (SSSR count). The van der Waals surface area contributed by atoms with Gasteiger partial charge in [0.15, 0.2) is 0 Å². The lowest BCUT2D eigenvalue weighted by atomic mass is 10.1. The second kappa shape index (κ2) is 6.24. The molecule has 4 aromatic rings. The van der Waals surface area contributed by atoms with Crippen molar-refractivity contribution in [2.45, 2.75) is 6.42 Å². The number of para-hydroxylation sites is 1. The topological polar surface area (TPSA) is 74.5 Å². The van der Waals surface area contributed by atoms with Crippen LogP contribution in [0.5, 0.6) is 11.6 Å². The van der Waals surface area contributed by atoms with Gasteiger partial charge in [-0.3, -0.25) is 4.79 Å². The van der Waals surface area contributed by atoms with E-state index in [2.05, 4.69) is 14.7 Å². The lowest BCUT2D eigenvalue weighted by molar-refractivity contribution is -0.139. The van der Waals surface area contributed by atoms with Crippen LogP contribution in [0.1, 0.15) is 5.56 Å². The number of hydrogen-bond donors (Lipinski definition) is 0. The summed E-state index contributed by atoms with van der Waals surface area (Å²) in [6.45, 7) is 0. The predicted molar refractivity (Wildman–Crippen MR) is 91.5 cm³/mol. The van der Waals surface area contributed by atoms with Crippen molar-refractivity contribution in [3.05, 3.63) is 60.4 Å². The van der Waals surface area contributed by atoms with Crippen LogP contribution in [0.2, 0.25) is 0 Å². The molecule has 0 aliphatic rings. The molecule has 0 saturated heterocycles. The van der Waals surface area contributed by atoms with Crippen LogP contribution >= 0.6 is 0 Å². The summed E-state index contributed by atoms with van der Waals surface area (Å²) in [5.74, 6) is 0.657. The Balaban J connectivity index is 1.65. The first kappa shape index (κ1) is 15.1. The van der Waals surface area contributed by atoms with Gasteiger partial charge >= 0.3 is 5.97 Å². The minimum atomic E-state index is -0.284. The summed E-state index contributed by atoms with van der Waals surface area (Å²) in [5.41, 5.74) is 2.79. The van der Waals surface area contributed by atoms with Gasteiger partial charge < -0.3 is 13.9 Å². The monoisotopic (exact) mass is 334 g/mol. The van der Waals surface area contributed by atoms with Gasteiger partial charge in [-0.25, -0.2) is 4.98 Å². The molecule has 0 unspecified atom stereocenters. The number of carbonyl (C=O) groups is 1. The minimum absolute atomic E-state index is 0.220. The zero-order valence-electron chi connectivity index (χ0n) is 13.4. The molecule has 0 amide bonds. The molecule has 0 fully saturated rings. The van der Waals surface area contributed by atoms with Crippen molar-refractivity contribution in [3.8, 4) is 11.6 Å². The smallest absolute Gasteiger partial charge is 0.309 e. The maximum Gasteiger partial charge on any atom is 0.309 e. The van der Waals surface area contributed by atoms with Crippen molar-refractivity contribution in [1.82, 2.24) is 9.97 Å². The number of aromatic nitrogens is 2. The molecule has 2 aromatic carbocycles. The Hall–Kier alpha value is -3.41. The van der Waals surface area contributed by atoms with Gasteiger partial charge in [0.05, 0.1) is 13.5 Å². The number of methoxy groups -OCH3 is 1. The second-order valence-electron chi connectivity index (χ2n) is 5.45. The summed E-state index contributed by atoms with van der Waals surface area (Å²) in [4.78, 5) is 19.8. The number of carbonyl (C=O) groups excluding carboxylic acids is 1. The number of furan rings is 1. The lowest BCUT2D eigenvalue weighted by Gasteiger charge is -2.05. The fourth-order valence-electron chi connectivity index (χ4n) is 2.60. The molecule has 6 nitrogen and oxygen atoms in total. The summed E-state index contributed by atoms with van der Waals surface area (Å²) in [7, 11) is 1.37. The number of ether oxygens (including phenoxy) is 2. The Morgan fingerprint density at radius 1 is 1.08 bits per heavy atom. The fourth-order valence-corrected chi connectivity index (χ4v) is 2.60. The zero-order valence-corrected chi connectivity index (χ0v) is 13.4. The summed E-state index contributed by atoms with van der Waals surface area (Å²) in [5, 5.41) is 0.915. The number of fused-ring (bicyclic) bond motifs is 3. The van der Waals surface area contributed by atoms with Gasteiger partial charge in [-0.05, 0) is 29.8 Å². The van der Waals surface area contributed by atoms with Crippen LogP contribution < -0.4 is 4.74 Å². The molecule has 2 aromatic heterocycles. The minimum Gasteiger partial charge on any atom is -0.469 e. The van der Waals surface area contributed by atoms with E-state index in [1.807, 2.05) is 36.4 Å². The molecule has 0 aliphatic heterocycles. The third kappa shape index (κ3) is 2.89. The summed E-state index contributed by atoms with van der Waals surface area (Å²) < 4.78 is 16.3. The first-order valence-electron chi connectivity index (χ1n) is 7.70. The Bertz CT molecular complexity index is 1050. The predicted octanol–water partition coefficient (Wildman–Crippen LogP) is 3.88. The molecular formula is C19H14N2O4. The molecule has 0 spiro atoms. The van der Waals surface area contributed by atoms with Crippen LogP contribution in [0.25, 0.3) is 22.1 Å². The third-order valence-electron chi connectivity index (χ3n) is 3.84. The molecule has 0 bridgehead atoms. The second-order valence-corrected chi connectivity index (χ2v) is 5.45. The van der Waals surface area contributed by atoms with Crippen LogP contribution in [-0.4, -0.2) is 23.0 Å². The van der Waals surface area contributed by atoms with Gasteiger partial charge in [-0.15, -0.1) is 0 Å². The summed E-state index contributed by atoms with van der Waals surface area (Å²) in [6.07, 6.45) is 1.67. The number of nitrogens with zero attached hydrogens (tertiary/aromatic N) is 2. The first-order valence-corrected chi connectivity index (χ1v) is 7.70. The van der Waals surface area contributed by atoms with Crippen molar-refractivity contribution in [1.29, 1.82) is 0 Å².